The summed E-state index contributed by atoms with van der Waals surface area (Å²) in [5.74, 6) is 0.358. The summed E-state index contributed by atoms with van der Waals surface area (Å²) in [6, 6.07) is 15.2. The van der Waals surface area contributed by atoms with Crippen molar-refractivity contribution in [2.45, 2.75) is 26.2 Å². The first-order valence-electron chi connectivity index (χ1n) is 6.49. The van der Waals surface area contributed by atoms with Crippen molar-refractivity contribution in [3.63, 3.8) is 0 Å². The van der Waals surface area contributed by atoms with Crippen LogP contribution >= 0.6 is 0 Å². The minimum absolute atomic E-state index is 0.0348. The molecule has 0 bridgehead atoms. The molecule has 0 aliphatic heterocycles. The summed E-state index contributed by atoms with van der Waals surface area (Å²) in [7, 11) is 0. The molecule has 0 aliphatic rings. The van der Waals surface area contributed by atoms with Crippen LogP contribution in [-0.4, -0.2) is 11.3 Å². The molecule has 0 aromatic heterocycles. The second kappa shape index (κ2) is 5.37. The van der Waals surface area contributed by atoms with Crippen LogP contribution in [0.4, 0.5) is 4.79 Å². The van der Waals surface area contributed by atoms with Gasteiger partial charge in [-0.25, -0.2) is 4.79 Å². The van der Waals surface area contributed by atoms with Crippen molar-refractivity contribution >= 4 is 6.16 Å². The summed E-state index contributed by atoms with van der Waals surface area (Å²) in [4.78, 5) is 10.8. The Morgan fingerprint density at radius 2 is 1.50 bits per heavy atom. The first-order chi connectivity index (χ1) is 9.39. The molecule has 0 saturated heterocycles. The van der Waals surface area contributed by atoms with Crippen LogP contribution in [0.2, 0.25) is 0 Å². The average Bonchev–Trinajstić information content (AvgIpc) is 2.38. The Labute approximate surface area is 118 Å². The number of benzene rings is 2. The van der Waals surface area contributed by atoms with Gasteiger partial charge in [-0.1, -0.05) is 63.2 Å². The molecule has 0 fully saturated rings. The summed E-state index contributed by atoms with van der Waals surface area (Å²) < 4.78 is 4.88. The number of ether oxygens (including phenoxy) is 1. The molecule has 0 spiro atoms. The maximum Gasteiger partial charge on any atom is 0.511 e. The van der Waals surface area contributed by atoms with Crippen LogP contribution in [0.25, 0.3) is 11.1 Å². The number of hydrogen-bond donors (Lipinski definition) is 1. The van der Waals surface area contributed by atoms with Gasteiger partial charge >= 0.3 is 6.16 Å². The Balaban J connectivity index is 2.61. The normalized spacial score (nSPS) is 11.2. The Morgan fingerprint density at radius 1 is 0.950 bits per heavy atom. The van der Waals surface area contributed by atoms with Gasteiger partial charge in [-0.15, -0.1) is 0 Å². The molecule has 2 aromatic rings. The minimum atomic E-state index is -1.30. The molecule has 0 radical (unpaired) electrons. The standard InChI is InChI=1S/C17H18O3/c1-17(2,3)14-10-6-4-8-12(14)13-9-5-7-11-15(13)20-16(18)19/h4-11H,1-3H3,(H,18,19). The minimum Gasteiger partial charge on any atom is -0.449 e. The van der Waals surface area contributed by atoms with Crippen LogP contribution in [-0.2, 0) is 5.41 Å². The van der Waals surface area contributed by atoms with Gasteiger partial charge in [0.2, 0.25) is 0 Å². The summed E-state index contributed by atoms with van der Waals surface area (Å²) in [6.45, 7) is 6.39. The van der Waals surface area contributed by atoms with E-state index in [2.05, 4.69) is 26.8 Å². The van der Waals surface area contributed by atoms with Crippen LogP contribution < -0.4 is 4.74 Å². The molecule has 0 amide bonds. The third-order valence-electron chi connectivity index (χ3n) is 3.11. The quantitative estimate of drug-likeness (QED) is 0.635. The van der Waals surface area contributed by atoms with Gasteiger partial charge in [-0.3, -0.25) is 0 Å². The molecule has 104 valence electrons. The fraction of sp³-hybridized carbons (Fsp3) is 0.235. The van der Waals surface area contributed by atoms with Crippen molar-refractivity contribution < 1.29 is 14.6 Å². The van der Waals surface area contributed by atoms with E-state index in [1.165, 1.54) is 0 Å². The van der Waals surface area contributed by atoms with Gasteiger partial charge in [0.15, 0.2) is 0 Å². The lowest BCUT2D eigenvalue weighted by molar-refractivity contribution is 0.144. The van der Waals surface area contributed by atoms with Crippen molar-refractivity contribution in [3.8, 4) is 16.9 Å². The van der Waals surface area contributed by atoms with Crippen molar-refractivity contribution in [3.05, 3.63) is 54.1 Å². The third-order valence-corrected chi connectivity index (χ3v) is 3.11. The van der Waals surface area contributed by atoms with Crippen LogP contribution in [0.15, 0.2) is 48.5 Å². The number of hydrogen-bond acceptors (Lipinski definition) is 2. The van der Waals surface area contributed by atoms with Crippen molar-refractivity contribution in [2.24, 2.45) is 0 Å². The molecule has 2 rings (SSSR count). The molecule has 0 unspecified atom stereocenters. The van der Waals surface area contributed by atoms with Gasteiger partial charge < -0.3 is 9.84 Å². The third kappa shape index (κ3) is 2.99. The lowest BCUT2D eigenvalue weighted by Crippen LogP contribution is -2.13. The smallest absolute Gasteiger partial charge is 0.449 e. The molecular weight excluding hydrogens is 252 g/mol. The van der Waals surface area contributed by atoms with Gasteiger partial charge in [0, 0.05) is 5.56 Å². The highest BCUT2D eigenvalue weighted by molar-refractivity contribution is 5.77. The molecule has 0 atom stereocenters. The Bertz CT molecular complexity index is 624. The monoisotopic (exact) mass is 270 g/mol. The predicted molar refractivity (Wildman–Crippen MR) is 79.2 cm³/mol. The predicted octanol–water partition coefficient (Wildman–Crippen LogP) is 4.71. The van der Waals surface area contributed by atoms with E-state index in [9.17, 15) is 4.79 Å². The highest BCUT2D eigenvalue weighted by Gasteiger charge is 2.20. The summed E-state index contributed by atoms with van der Waals surface area (Å²) in [5.41, 5.74) is 2.91. The fourth-order valence-electron chi connectivity index (χ4n) is 2.24. The molecule has 1 N–H and O–H groups in total. The number of carbonyl (C=O) groups is 1. The first kappa shape index (κ1) is 14.1. The van der Waals surface area contributed by atoms with Crippen LogP contribution in [0.5, 0.6) is 5.75 Å². The molecular formula is C17H18O3. The second-order valence-corrected chi connectivity index (χ2v) is 5.66. The molecule has 0 saturated carbocycles. The topological polar surface area (TPSA) is 46.5 Å². The highest BCUT2D eigenvalue weighted by atomic mass is 16.7. The summed E-state index contributed by atoms with van der Waals surface area (Å²) in [5, 5.41) is 8.85. The Hall–Kier alpha value is -2.29. The van der Waals surface area contributed by atoms with Crippen LogP contribution in [0, 0.1) is 0 Å². The van der Waals surface area contributed by atoms with E-state index in [0.29, 0.717) is 5.75 Å². The maximum atomic E-state index is 10.8. The van der Waals surface area contributed by atoms with Gasteiger partial charge in [0.05, 0.1) is 0 Å². The van der Waals surface area contributed by atoms with Crippen LogP contribution in [0.3, 0.4) is 0 Å². The number of para-hydroxylation sites is 1. The van der Waals surface area contributed by atoms with Gasteiger partial charge in [-0.2, -0.15) is 0 Å². The second-order valence-electron chi connectivity index (χ2n) is 5.66. The zero-order valence-corrected chi connectivity index (χ0v) is 11.9. The number of rotatable bonds is 2. The maximum absolute atomic E-state index is 10.8. The van der Waals surface area contributed by atoms with E-state index < -0.39 is 6.16 Å². The van der Waals surface area contributed by atoms with Crippen molar-refractivity contribution in [2.75, 3.05) is 0 Å². The van der Waals surface area contributed by atoms with E-state index in [1.807, 2.05) is 30.3 Å². The zero-order valence-electron chi connectivity index (χ0n) is 11.9. The van der Waals surface area contributed by atoms with Crippen molar-refractivity contribution in [1.29, 1.82) is 0 Å². The van der Waals surface area contributed by atoms with Gasteiger partial charge in [0.1, 0.15) is 5.75 Å². The largest absolute Gasteiger partial charge is 0.511 e. The lowest BCUT2D eigenvalue weighted by atomic mass is 9.82. The number of carboxylic acid groups (broad SMARTS) is 1. The van der Waals surface area contributed by atoms with E-state index in [4.69, 9.17) is 9.84 Å². The molecule has 2 aromatic carbocycles. The fourth-order valence-corrected chi connectivity index (χ4v) is 2.24. The molecule has 20 heavy (non-hydrogen) atoms. The molecule has 0 heterocycles. The highest BCUT2D eigenvalue weighted by Crippen LogP contribution is 2.37. The van der Waals surface area contributed by atoms with E-state index in [0.717, 1.165) is 16.7 Å². The Morgan fingerprint density at radius 3 is 2.10 bits per heavy atom. The molecule has 3 heteroatoms. The average molecular weight is 270 g/mol. The van der Waals surface area contributed by atoms with E-state index >= 15 is 0 Å². The lowest BCUT2D eigenvalue weighted by Gasteiger charge is -2.23. The zero-order chi connectivity index (χ0) is 14.8. The summed E-state index contributed by atoms with van der Waals surface area (Å²) in [6.07, 6.45) is -1.30. The summed E-state index contributed by atoms with van der Waals surface area (Å²) >= 11 is 0. The van der Waals surface area contributed by atoms with Gasteiger partial charge in [0.25, 0.3) is 0 Å². The van der Waals surface area contributed by atoms with Gasteiger partial charge in [-0.05, 0) is 22.6 Å². The van der Waals surface area contributed by atoms with Crippen LogP contribution in [0.1, 0.15) is 26.3 Å². The molecule has 3 nitrogen and oxygen atoms in total. The SMILES string of the molecule is CC(C)(C)c1ccccc1-c1ccccc1OC(=O)O. The van der Waals surface area contributed by atoms with E-state index in [1.54, 1.807) is 12.1 Å². The Kier molecular flexibility index (Phi) is 3.79. The molecule has 0 aliphatic carbocycles. The van der Waals surface area contributed by atoms with E-state index in [-0.39, 0.29) is 5.41 Å². The first-order valence-corrected chi connectivity index (χ1v) is 6.49. The van der Waals surface area contributed by atoms with Crippen molar-refractivity contribution in [1.82, 2.24) is 0 Å².